The maximum atomic E-state index is 12.5. The number of benzene rings is 2. The number of amides is 1. The molecule has 0 bridgehead atoms. The molecule has 5 heteroatoms. The minimum absolute atomic E-state index is 0.00230. The fraction of sp³-hybridized carbons (Fsp3) is 0.316. The van der Waals surface area contributed by atoms with Crippen LogP contribution in [0.4, 0.5) is 5.69 Å². The van der Waals surface area contributed by atoms with Gasteiger partial charge in [0.05, 0.1) is 18.3 Å². The number of hydrogen-bond acceptors (Lipinski definition) is 4. The Morgan fingerprint density at radius 3 is 2.42 bits per heavy atom. The Morgan fingerprint density at radius 2 is 1.75 bits per heavy atom. The highest BCUT2D eigenvalue weighted by Crippen LogP contribution is 2.22. The largest absolute Gasteiger partial charge is 0.491 e. The van der Waals surface area contributed by atoms with E-state index in [-0.39, 0.29) is 12.0 Å². The maximum absolute atomic E-state index is 12.5. The third-order valence-corrected chi connectivity index (χ3v) is 3.16. The van der Waals surface area contributed by atoms with E-state index >= 15 is 0 Å². The molecule has 2 rings (SSSR count). The van der Waals surface area contributed by atoms with Crippen LogP contribution < -0.4 is 14.8 Å². The fourth-order valence-corrected chi connectivity index (χ4v) is 2.09. The van der Waals surface area contributed by atoms with Gasteiger partial charge in [-0.3, -0.25) is 4.79 Å². The predicted octanol–water partition coefficient (Wildman–Crippen LogP) is 3.75. The lowest BCUT2D eigenvalue weighted by atomic mass is 10.1. The van der Waals surface area contributed by atoms with Gasteiger partial charge in [-0.25, -0.2) is 0 Å². The van der Waals surface area contributed by atoms with E-state index in [0.29, 0.717) is 30.2 Å². The van der Waals surface area contributed by atoms with Crippen LogP contribution in [-0.2, 0) is 4.74 Å². The number of ether oxygens (including phenoxy) is 3. The van der Waals surface area contributed by atoms with Gasteiger partial charge in [-0.2, -0.15) is 0 Å². The van der Waals surface area contributed by atoms with Crippen LogP contribution >= 0.6 is 0 Å². The average Bonchev–Trinajstić information content (AvgIpc) is 2.56. The summed E-state index contributed by atoms with van der Waals surface area (Å²) in [6.07, 6.45) is 0.00230. The summed E-state index contributed by atoms with van der Waals surface area (Å²) in [6, 6.07) is 14.4. The third kappa shape index (κ3) is 5.28. The number of anilines is 1. The van der Waals surface area contributed by atoms with Crippen molar-refractivity contribution >= 4 is 11.6 Å². The van der Waals surface area contributed by atoms with Crippen LogP contribution in [0.3, 0.4) is 0 Å². The second kappa shape index (κ2) is 8.93. The molecule has 0 spiro atoms. The quantitative estimate of drug-likeness (QED) is 0.749. The first-order valence-corrected chi connectivity index (χ1v) is 7.89. The van der Waals surface area contributed by atoms with Crippen molar-refractivity contribution in [3.05, 3.63) is 54.1 Å². The standard InChI is InChI=1S/C19H23NO4/c1-14(2)24-18-7-5-4-6-17(18)19(21)20-15-8-10-16(11-9-15)23-13-12-22-3/h4-11,14H,12-13H2,1-3H3,(H,20,21). The molecule has 0 radical (unpaired) electrons. The van der Waals surface area contributed by atoms with Crippen molar-refractivity contribution in [1.82, 2.24) is 0 Å². The normalized spacial score (nSPS) is 10.5. The molecule has 0 aliphatic carbocycles. The second-order valence-electron chi connectivity index (χ2n) is 5.48. The first-order chi connectivity index (χ1) is 11.6. The number of carbonyl (C=O) groups is 1. The Balaban J connectivity index is 2.02. The van der Waals surface area contributed by atoms with Crippen molar-refractivity contribution in [2.45, 2.75) is 20.0 Å². The van der Waals surface area contributed by atoms with Crippen LogP contribution in [0.25, 0.3) is 0 Å². The maximum Gasteiger partial charge on any atom is 0.259 e. The molecule has 0 saturated carbocycles. The summed E-state index contributed by atoms with van der Waals surface area (Å²) >= 11 is 0. The van der Waals surface area contributed by atoms with Gasteiger partial charge >= 0.3 is 0 Å². The van der Waals surface area contributed by atoms with Crippen LogP contribution in [0.5, 0.6) is 11.5 Å². The Kier molecular flexibility index (Phi) is 6.63. The van der Waals surface area contributed by atoms with Gasteiger partial charge in [0.1, 0.15) is 18.1 Å². The number of carbonyl (C=O) groups excluding carboxylic acids is 1. The number of rotatable bonds is 8. The topological polar surface area (TPSA) is 56.8 Å². The van der Waals surface area contributed by atoms with Gasteiger partial charge in [0.15, 0.2) is 0 Å². The molecule has 0 saturated heterocycles. The van der Waals surface area contributed by atoms with Crippen molar-refractivity contribution in [2.75, 3.05) is 25.6 Å². The molecule has 128 valence electrons. The van der Waals surface area contributed by atoms with Crippen LogP contribution in [0, 0.1) is 0 Å². The molecule has 0 unspecified atom stereocenters. The second-order valence-corrected chi connectivity index (χ2v) is 5.48. The summed E-state index contributed by atoms with van der Waals surface area (Å²) in [4.78, 5) is 12.5. The lowest BCUT2D eigenvalue weighted by Crippen LogP contribution is -2.15. The summed E-state index contributed by atoms with van der Waals surface area (Å²) < 4.78 is 16.1. The van der Waals surface area contributed by atoms with Crippen molar-refractivity contribution in [1.29, 1.82) is 0 Å². The van der Waals surface area contributed by atoms with E-state index in [9.17, 15) is 4.79 Å². The molecule has 0 atom stereocenters. The number of para-hydroxylation sites is 1. The molecule has 2 aromatic carbocycles. The Morgan fingerprint density at radius 1 is 1.04 bits per heavy atom. The molecule has 0 aliphatic rings. The zero-order valence-electron chi connectivity index (χ0n) is 14.2. The molecular weight excluding hydrogens is 306 g/mol. The average molecular weight is 329 g/mol. The predicted molar refractivity (Wildman–Crippen MR) is 94.0 cm³/mol. The van der Waals surface area contributed by atoms with Gasteiger partial charge in [0.2, 0.25) is 0 Å². The van der Waals surface area contributed by atoms with Crippen LogP contribution in [0.1, 0.15) is 24.2 Å². The van der Waals surface area contributed by atoms with Crippen LogP contribution in [0.2, 0.25) is 0 Å². The Bertz CT molecular complexity index is 653. The minimum atomic E-state index is -0.209. The van der Waals surface area contributed by atoms with E-state index < -0.39 is 0 Å². The van der Waals surface area contributed by atoms with E-state index in [1.54, 1.807) is 31.4 Å². The molecule has 0 fully saturated rings. The first-order valence-electron chi connectivity index (χ1n) is 7.89. The number of hydrogen-bond donors (Lipinski definition) is 1. The molecule has 2 aromatic rings. The van der Waals surface area contributed by atoms with Gasteiger partial charge < -0.3 is 19.5 Å². The zero-order valence-corrected chi connectivity index (χ0v) is 14.2. The first kappa shape index (κ1) is 17.8. The van der Waals surface area contributed by atoms with Gasteiger partial charge in [-0.05, 0) is 50.2 Å². The summed E-state index contributed by atoms with van der Waals surface area (Å²) in [5, 5.41) is 2.87. The van der Waals surface area contributed by atoms with E-state index in [1.807, 2.05) is 38.1 Å². The van der Waals surface area contributed by atoms with Crippen LogP contribution in [0.15, 0.2) is 48.5 Å². The number of nitrogens with one attached hydrogen (secondary N) is 1. The minimum Gasteiger partial charge on any atom is -0.491 e. The molecule has 0 aliphatic heterocycles. The highest BCUT2D eigenvalue weighted by Gasteiger charge is 2.13. The van der Waals surface area contributed by atoms with Crippen molar-refractivity contribution in [2.24, 2.45) is 0 Å². The molecule has 1 N–H and O–H groups in total. The fourth-order valence-electron chi connectivity index (χ4n) is 2.09. The van der Waals surface area contributed by atoms with E-state index in [4.69, 9.17) is 14.2 Å². The summed E-state index contributed by atoms with van der Waals surface area (Å²) in [5.74, 6) is 1.09. The van der Waals surface area contributed by atoms with Gasteiger partial charge in [0, 0.05) is 12.8 Å². The van der Waals surface area contributed by atoms with Gasteiger partial charge in [0.25, 0.3) is 5.91 Å². The molecule has 5 nitrogen and oxygen atoms in total. The Hall–Kier alpha value is -2.53. The van der Waals surface area contributed by atoms with E-state index in [0.717, 1.165) is 5.75 Å². The monoisotopic (exact) mass is 329 g/mol. The molecular formula is C19H23NO4. The summed E-state index contributed by atoms with van der Waals surface area (Å²) in [6.45, 7) is 4.88. The third-order valence-electron chi connectivity index (χ3n) is 3.16. The molecule has 0 aromatic heterocycles. The molecule has 0 heterocycles. The Labute approximate surface area is 142 Å². The highest BCUT2D eigenvalue weighted by atomic mass is 16.5. The van der Waals surface area contributed by atoms with Crippen molar-refractivity contribution in [3.63, 3.8) is 0 Å². The SMILES string of the molecule is COCCOc1ccc(NC(=O)c2ccccc2OC(C)C)cc1. The molecule has 1 amide bonds. The highest BCUT2D eigenvalue weighted by molar-refractivity contribution is 6.06. The van der Waals surface area contributed by atoms with Gasteiger partial charge in [-0.1, -0.05) is 12.1 Å². The smallest absolute Gasteiger partial charge is 0.259 e. The zero-order chi connectivity index (χ0) is 17.4. The van der Waals surface area contributed by atoms with Crippen LogP contribution in [-0.4, -0.2) is 32.3 Å². The van der Waals surface area contributed by atoms with Gasteiger partial charge in [-0.15, -0.1) is 0 Å². The van der Waals surface area contributed by atoms with Crippen molar-refractivity contribution in [3.8, 4) is 11.5 Å². The van der Waals surface area contributed by atoms with Crippen molar-refractivity contribution < 1.29 is 19.0 Å². The van der Waals surface area contributed by atoms with E-state index in [2.05, 4.69) is 5.32 Å². The summed E-state index contributed by atoms with van der Waals surface area (Å²) in [5.41, 5.74) is 1.20. The lowest BCUT2D eigenvalue weighted by Gasteiger charge is -2.14. The number of methoxy groups -OCH3 is 1. The van der Waals surface area contributed by atoms with E-state index in [1.165, 1.54) is 0 Å². The summed E-state index contributed by atoms with van der Waals surface area (Å²) in [7, 11) is 1.63. The lowest BCUT2D eigenvalue weighted by molar-refractivity contribution is 0.102. The molecule has 24 heavy (non-hydrogen) atoms.